The highest BCUT2D eigenvalue weighted by atomic mass is 16.5. The zero-order valence-corrected chi connectivity index (χ0v) is 11.5. The number of carbonyl (C=O) groups excluding carboxylic acids is 1. The smallest absolute Gasteiger partial charge is 0.319 e. The molecule has 5 nitrogen and oxygen atoms in total. The minimum Gasteiger partial charge on any atom is -0.497 e. The van der Waals surface area contributed by atoms with Crippen molar-refractivity contribution in [1.29, 1.82) is 0 Å². The van der Waals surface area contributed by atoms with E-state index in [1.807, 2.05) is 19.1 Å². The average Bonchev–Trinajstić information content (AvgIpc) is 2.49. The number of anilines is 1. The largest absolute Gasteiger partial charge is 0.497 e. The molecule has 0 bridgehead atoms. The molecule has 0 saturated heterocycles. The van der Waals surface area contributed by atoms with E-state index in [0.29, 0.717) is 5.69 Å². The summed E-state index contributed by atoms with van der Waals surface area (Å²) in [5.74, 6) is 0.751. The minimum absolute atomic E-state index is 0.0868. The zero-order chi connectivity index (χ0) is 14.4. The molecular formula is C15H17N3O2. The Kier molecular flexibility index (Phi) is 4.55. The van der Waals surface area contributed by atoms with E-state index in [4.69, 9.17) is 4.74 Å². The van der Waals surface area contributed by atoms with E-state index >= 15 is 0 Å². The van der Waals surface area contributed by atoms with E-state index in [1.165, 1.54) is 0 Å². The van der Waals surface area contributed by atoms with Crippen LogP contribution in [-0.2, 0) is 0 Å². The lowest BCUT2D eigenvalue weighted by Crippen LogP contribution is -2.31. The molecule has 1 unspecified atom stereocenters. The van der Waals surface area contributed by atoms with Crippen molar-refractivity contribution in [2.24, 2.45) is 0 Å². The molecule has 5 heteroatoms. The van der Waals surface area contributed by atoms with Crippen LogP contribution in [0.3, 0.4) is 0 Å². The van der Waals surface area contributed by atoms with Crippen LogP contribution in [0.2, 0.25) is 0 Å². The van der Waals surface area contributed by atoms with Gasteiger partial charge in [0.1, 0.15) is 5.75 Å². The second kappa shape index (κ2) is 6.56. The summed E-state index contributed by atoms with van der Waals surface area (Å²) in [4.78, 5) is 15.8. The van der Waals surface area contributed by atoms with Crippen LogP contribution in [0.5, 0.6) is 5.75 Å². The van der Waals surface area contributed by atoms with Crippen LogP contribution in [-0.4, -0.2) is 18.1 Å². The van der Waals surface area contributed by atoms with Gasteiger partial charge in [-0.2, -0.15) is 0 Å². The monoisotopic (exact) mass is 271 g/mol. The van der Waals surface area contributed by atoms with E-state index in [1.54, 1.807) is 43.8 Å². The van der Waals surface area contributed by atoms with Crippen LogP contribution in [0.4, 0.5) is 10.5 Å². The van der Waals surface area contributed by atoms with Crippen molar-refractivity contribution in [3.8, 4) is 5.75 Å². The molecule has 0 spiro atoms. The average molecular weight is 271 g/mol. The normalized spacial score (nSPS) is 11.5. The highest BCUT2D eigenvalue weighted by molar-refractivity contribution is 5.89. The second-order valence-electron chi connectivity index (χ2n) is 4.33. The predicted octanol–water partition coefficient (Wildman–Crippen LogP) is 2.97. The van der Waals surface area contributed by atoms with Crippen molar-refractivity contribution >= 4 is 11.7 Å². The van der Waals surface area contributed by atoms with Gasteiger partial charge < -0.3 is 15.4 Å². The Morgan fingerprint density at radius 3 is 2.40 bits per heavy atom. The van der Waals surface area contributed by atoms with Crippen molar-refractivity contribution in [2.75, 3.05) is 12.4 Å². The lowest BCUT2D eigenvalue weighted by Gasteiger charge is -2.15. The van der Waals surface area contributed by atoms with Gasteiger partial charge in [-0.25, -0.2) is 4.79 Å². The maximum absolute atomic E-state index is 11.9. The van der Waals surface area contributed by atoms with Gasteiger partial charge in [0.25, 0.3) is 0 Å². The van der Waals surface area contributed by atoms with E-state index in [-0.39, 0.29) is 12.1 Å². The van der Waals surface area contributed by atoms with Crippen molar-refractivity contribution < 1.29 is 9.53 Å². The van der Waals surface area contributed by atoms with Gasteiger partial charge >= 0.3 is 6.03 Å². The maximum Gasteiger partial charge on any atom is 0.319 e. The standard InChI is InChI=1S/C15H17N3O2/c1-11(12-7-9-16-10-8-12)17-15(19)18-13-3-5-14(20-2)6-4-13/h3-11H,1-2H3,(H2,17,18,19). The van der Waals surface area contributed by atoms with Crippen molar-refractivity contribution in [1.82, 2.24) is 10.3 Å². The predicted molar refractivity (Wildman–Crippen MR) is 77.8 cm³/mol. The maximum atomic E-state index is 11.9. The van der Waals surface area contributed by atoms with Gasteiger partial charge in [0.05, 0.1) is 13.2 Å². The molecule has 1 aromatic carbocycles. The SMILES string of the molecule is COc1ccc(NC(=O)NC(C)c2ccncc2)cc1. The van der Waals surface area contributed by atoms with Crippen molar-refractivity contribution in [2.45, 2.75) is 13.0 Å². The van der Waals surface area contributed by atoms with Gasteiger partial charge in [-0.3, -0.25) is 4.98 Å². The summed E-state index contributed by atoms with van der Waals surface area (Å²) in [6.07, 6.45) is 3.41. The summed E-state index contributed by atoms with van der Waals surface area (Å²) < 4.78 is 5.06. The van der Waals surface area contributed by atoms with Crippen molar-refractivity contribution in [3.63, 3.8) is 0 Å². The molecule has 2 N–H and O–H groups in total. The molecule has 104 valence electrons. The number of urea groups is 1. The van der Waals surface area contributed by atoms with E-state index in [2.05, 4.69) is 15.6 Å². The number of carbonyl (C=O) groups is 1. The number of nitrogens with one attached hydrogen (secondary N) is 2. The van der Waals surface area contributed by atoms with Crippen LogP contribution in [0.25, 0.3) is 0 Å². The Morgan fingerprint density at radius 1 is 1.15 bits per heavy atom. The zero-order valence-electron chi connectivity index (χ0n) is 11.5. The van der Waals surface area contributed by atoms with Crippen LogP contribution in [0.15, 0.2) is 48.8 Å². The molecule has 2 amide bonds. The number of ether oxygens (including phenoxy) is 1. The first kappa shape index (κ1) is 13.9. The molecule has 1 atom stereocenters. The first-order chi connectivity index (χ1) is 9.69. The first-order valence-electron chi connectivity index (χ1n) is 6.30. The number of hydrogen-bond donors (Lipinski definition) is 2. The van der Waals surface area contributed by atoms with Gasteiger partial charge in [0.15, 0.2) is 0 Å². The highest BCUT2D eigenvalue weighted by Gasteiger charge is 2.09. The fraction of sp³-hybridized carbons (Fsp3) is 0.200. The third-order valence-corrected chi connectivity index (χ3v) is 2.90. The number of methoxy groups -OCH3 is 1. The number of amides is 2. The fourth-order valence-electron chi connectivity index (χ4n) is 1.77. The third kappa shape index (κ3) is 3.71. The summed E-state index contributed by atoms with van der Waals surface area (Å²) in [7, 11) is 1.60. The molecule has 0 fully saturated rings. The molecular weight excluding hydrogens is 254 g/mol. The van der Waals surface area contributed by atoms with E-state index in [0.717, 1.165) is 11.3 Å². The molecule has 2 rings (SSSR count). The second-order valence-corrected chi connectivity index (χ2v) is 4.33. The molecule has 0 aliphatic heterocycles. The molecule has 0 aliphatic carbocycles. The quantitative estimate of drug-likeness (QED) is 0.898. The lowest BCUT2D eigenvalue weighted by molar-refractivity contribution is 0.249. The van der Waals surface area contributed by atoms with Crippen LogP contribution < -0.4 is 15.4 Å². The molecule has 0 radical (unpaired) electrons. The van der Waals surface area contributed by atoms with Crippen molar-refractivity contribution in [3.05, 3.63) is 54.4 Å². The lowest BCUT2D eigenvalue weighted by atomic mass is 10.1. The summed E-state index contributed by atoms with van der Waals surface area (Å²) in [6, 6.07) is 10.6. The number of pyridine rings is 1. The number of hydrogen-bond acceptors (Lipinski definition) is 3. The molecule has 1 heterocycles. The van der Waals surface area contributed by atoms with E-state index in [9.17, 15) is 4.79 Å². The summed E-state index contributed by atoms with van der Waals surface area (Å²) in [5.41, 5.74) is 1.72. The summed E-state index contributed by atoms with van der Waals surface area (Å²) >= 11 is 0. The third-order valence-electron chi connectivity index (χ3n) is 2.90. The van der Waals surface area contributed by atoms with E-state index < -0.39 is 0 Å². The Bertz CT molecular complexity index is 555. The molecule has 0 aliphatic rings. The van der Waals surface area contributed by atoms with Gasteiger partial charge in [-0.1, -0.05) is 0 Å². The Labute approximate surface area is 118 Å². The Balaban J connectivity index is 1.91. The summed E-state index contributed by atoms with van der Waals surface area (Å²) in [6.45, 7) is 1.92. The highest BCUT2D eigenvalue weighted by Crippen LogP contribution is 2.15. The summed E-state index contributed by atoms with van der Waals surface area (Å²) in [5, 5.41) is 5.64. The first-order valence-corrected chi connectivity index (χ1v) is 6.30. The molecule has 2 aromatic rings. The minimum atomic E-state index is -0.250. The number of benzene rings is 1. The Morgan fingerprint density at radius 2 is 1.80 bits per heavy atom. The number of rotatable bonds is 4. The van der Waals surface area contributed by atoms with Gasteiger partial charge in [0.2, 0.25) is 0 Å². The van der Waals surface area contributed by atoms with Crippen LogP contribution in [0, 0.1) is 0 Å². The van der Waals surface area contributed by atoms with Crippen LogP contribution >= 0.6 is 0 Å². The molecule has 0 saturated carbocycles. The Hall–Kier alpha value is -2.56. The molecule has 1 aromatic heterocycles. The number of aromatic nitrogens is 1. The topological polar surface area (TPSA) is 63.2 Å². The van der Waals surface area contributed by atoms with Gasteiger partial charge in [0, 0.05) is 18.1 Å². The van der Waals surface area contributed by atoms with Gasteiger partial charge in [-0.15, -0.1) is 0 Å². The van der Waals surface area contributed by atoms with Crippen LogP contribution in [0.1, 0.15) is 18.5 Å². The molecule has 20 heavy (non-hydrogen) atoms. The number of nitrogens with zero attached hydrogens (tertiary/aromatic N) is 1. The fourth-order valence-corrected chi connectivity index (χ4v) is 1.77. The van der Waals surface area contributed by atoms with Gasteiger partial charge in [-0.05, 0) is 48.9 Å².